The molecule has 1 aliphatic heterocycles. The highest BCUT2D eigenvalue weighted by atomic mass is 79.9. The van der Waals surface area contributed by atoms with Crippen LogP contribution in [-0.4, -0.2) is 44.7 Å². The Hall–Kier alpha value is -1.10. The van der Waals surface area contributed by atoms with E-state index in [-0.39, 0.29) is 0 Å². The van der Waals surface area contributed by atoms with Crippen LogP contribution < -0.4 is 10.1 Å². The number of rotatable bonds is 4. The van der Waals surface area contributed by atoms with E-state index < -0.39 is 0 Å². The van der Waals surface area contributed by atoms with E-state index in [0.717, 1.165) is 49.4 Å². The third-order valence-corrected chi connectivity index (χ3v) is 4.60. The minimum atomic E-state index is 1.000. The van der Waals surface area contributed by atoms with Crippen molar-refractivity contribution in [3.05, 3.63) is 40.4 Å². The predicted octanol–water partition coefficient (Wildman–Crippen LogP) is 3.06. The molecule has 112 valence electrons. The van der Waals surface area contributed by atoms with E-state index in [1.165, 1.54) is 16.3 Å². The second-order valence-electron chi connectivity index (χ2n) is 5.50. The van der Waals surface area contributed by atoms with Crippen molar-refractivity contribution in [3.63, 3.8) is 0 Å². The SMILES string of the molecule is COc1cc2ccc(Br)cc2cc1CCN1CCNCC1. The summed E-state index contributed by atoms with van der Waals surface area (Å²) >= 11 is 3.55. The first-order valence-corrected chi connectivity index (χ1v) is 8.25. The normalized spacial score (nSPS) is 16.3. The predicted molar refractivity (Wildman–Crippen MR) is 91.2 cm³/mol. The van der Waals surface area contributed by atoms with Crippen molar-refractivity contribution in [1.82, 2.24) is 10.2 Å². The molecule has 0 amide bonds. The molecule has 2 aromatic rings. The molecule has 1 N–H and O–H groups in total. The molecule has 4 heteroatoms. The lowest BCUT2D eigenvalue weighted by Crippen LogP contribution is -2.44. The smallest absolute Gasteiger partial charge is 0.122 e. The van der Waals surface area contributed by atoms with Gasteiger partial charge in [0.25, 0.3) is 0 Å². The highest BCUT2D eigenvalue weighted by Gasteiger charge is 2.11. The summed E-state index contributed by atoms with van der Waals surface area (Å²) in [7, 11) is 1.76. The Morgan fingerprint density at radius 2 is 1.95 bits per heavy atom. The molecule has 3 rings (SSSR count). The van der Waals surface area contributed by atoms with Gasteiger partial charge in [-0.05, 0) is 47.0 Å². The number of hydrogen-bond donors (Lipinski definition) is 1. The average molecular weight is 349 g/mol. The molecule has 21 heavy (non-hydrogen) atoms. The minimum absolute atomic E-state index is 1.000. The molecular formula is C17H21BrN2O. The Labute approximate surface area is 134 Å². The van der Waals surface area contributed by atoms with E-state index in [0.29, 0.717) is 0 Å². The van der Waals surface area contributed by atoms with Crippen LogP contribution in [0.25, 0.3) is 10.8 Å². The first-order valence-electron chi connectivity index (χ1n) is 7.45. The van der Waals surface area contributed by atoms with Gasteiger partial charge in [-0.15, -0.1) is 0 Å². The number of nitrogens with one attached hydrogen (secondary N) is 1. The van der Waals surface area contributed by atoms with E-state index >= 15 is 0 Å². The molecule has 3 nitrogen and oxygen atoms in total. The lowest BCUT2D eigenvalue weighted by Gasteiger charge is -2.27. The summed E-state index contributed by atoms with van der Waals surface area (Å²) in [5.74, 6) is 1.000. The number of hydrogen-bond acceptors (Lipinski definition) is 3. The second kappa shape index (κ2) is 6.77. The molecule has 1 heterocycles. The highest BCUT2D eigenvalue weighted by Crippen LogP contribution is 2.28. The number of fused-ring (bicyclic) bond motifs is 1. The zero-order chi connectivity index (χ0) is 14.7. The average Bonchev–Trinajstić information content (AvgIpc) is 2.53. The second-order valence-corrected chi connectivity index (χ2v) is 6.41. The van der Waals surface area contributed by atoms with Crippen molar-refractivity contribution < 1.29 is 4.74 Å². The minimum Gasteiger partial charge on any atom is -0.496 e. The lowest BCUT2D eigenvalue weighted by molar-refractivity contribution is 0.243. The van der Waals surface area contributed by atoms with Crippen LogP contribution in [0.2, 0.25) is 0 Å². The molecule has 0 radical (unpaired) electrons. The molecule has 0 aliphatic carbocycles. The van der Waals surface area contributed by atoms with Crippen molar-refractivity contribution in [2.45, 2.75) is 6.42 Å². The summed E-state index contributed by atoms with van der Waals surface area (Å²) in [6, 6.07) is 10.8. The van der Waals surface area contributed by atoms with Gasteiger partial charge < -0.3 is 15.0 Å². The van der Waals surface area contributed by atoms with Crippen LogP contribution in [0, 0.1) is 0 Å². The number of ether oxygens (including phenoxy) is 1. The maximum Gasteiger partial charge on any atom is 0.122 e. The lowest BCUT2D eigenvalue weighted by atomic mass is 10.0. The quantitative estimate of drug-likeness (QED) is 0.918. The molecule has 1 saturated heterocycles. The molecule has 0 bridgehead atoms. The molecule has 0 unspecified atom stereocenters. The zero-order valence-corrected chi connectivity index (χ0v) is 13.9. The van der Waals surface area contributed by atoms with Crippen LogP contribution in [-0.2, 0) is 6.42 Å². The van der Waals surface area contributed by atoms with E-state index in [1.54, 1.807) is 7.11 Å². The third kappa shape index (κ3) is 3.57. The fraction of sp³-hybridized carbons (Fsp3) is 0.412. The standard InChI is InChI=1S/C17H21BrN2O/c1-21-17-12-13-2-3-16(18)11-15(13)10-14(17)4-7-20-8-5-19-6-9-20/h2-3,10-12,19H,4-9H2,1H3. The summed E-state index contributed by atoms with van der Waals surface area (Å²) in [5.41, 5.74) is 1.29. The van der Waals surface area contributed by atoms with Crippen molar-refractivity contribution in [3.8, 4) is 5.75 Å². The van der Waals surface area contributed by atoms with E-state index in [2.05, 4.69) is 56.5 Å². The summed E-state index contributed by atoms with van der Waals surface area (Å²) in [4.78, 5) is 2.51. The number of benzene rings is 2. The van der Waals surface area contributed by atoms with Gasteiger partial charge in [-0.1, -0.05) is 22.0 Å². The number of halogens is 1. The van der Waals surface area contributed by atoms with Gasteiger partial charge in [-0.25, -0.2) is 0 Å². The third-order valence-electron chi connectivity index (χ3n) is 4.11. The number of methoxy groups -OCH3 is 1. The van der Waals surface area contributed by atoms with Crippen molar-refractivity contribution in [2.75, 3.05) is 39.8 Å². The molecule has 0 atom stereocenters. The van der Waals surface area contributed by atoms with Gasteiger partial charge in [-0.3, -0.25) is 0 Å². The van der Waals surface area contributed by atoms with Crippen molar-refractivity contribution in [2.24, 2.45) is 0 Å². The van der Waals surface area contributed by atoms with Crippen molar-refractivity contribution >= 4 is 26.7 Å². The Morgan fingerprint density at radius 1 is 1.14 bits per heavy atom. The largest absolute Gasteiger partial charge is 0.496 e. The summed E-state index contributed by atoms with van der Waals surface area (Å²) in [6.45, 7) is 5.57. The molecule has 0 saturated carbocycles. The van der Waals surface area contributed by atoms with Crippen LogP contribution in [0.4, 0.5) is 0 Å². The van der Waals surface area contributed by atoms with Gasteiger partial charge in [0.1, 0.15) is 5.75 Å². The zero-order valence-electron chi connectivity index (χ0n) is 12.4. The number of nitrogens with zero attached hydrogens (tertiary/aromatic N) is 1. The summed E-state index contributed by atoms with van der Waals surface area (Å²) < 4.78 is 6.70. The number of piperazine rings is 1. The maximum absolute atomic E-state index is 5.58. The monoisotopic (exact) mass is 348 g/mol. The fourth-order valence-electron chi connectivity index (χ4n) is 2.89. The molecule has 0 spiro atoms. The van der Waals surface area contributed by atoms with Crippen LogP contribution in [0.1, 0.15) is 5.56 Å². The molecule has 0 aromatic heterocycles. The van der Waals surface area contributed by atoms with Gasteiger partial charge in [0, 0.05) is 37.2 Å². The van der Waals surface area contributed by atoms with Gasteiger partial charge >= 0.3 is 0 Å². The van der Waals surface area contributed by atoms with Gasteiger partial charge in [0.15, 0.2) is 0 Å². The van der Waals surface area contributed by atoms with E-state index in [1.807, 2.05) is 0 Å². The molecular weight excluding hydrogens is 328 g/mol. The Bertz CT molecular complexity index is 623. The van der Waals surface area contributed by atoms with Gasteiger partial charge in [-0.2, -0.15) is 0 Å². The first-order chi connectivity index (χ1) is 10.3. The highest BCUT2D eigenvalue weighted by molar-refractivity contribution is 9.10. The molecule has 1 aliphatic rings. The van der Waals surface area contributed by atoms with Crippen LogP contribution in [0.5, 0.6) is 5.75 Å². The van der Waals surface area contributed by atoms with E-state index in [9.17, 15) is 0 Å². The summed E-state index contributed by atoms with van der Waals surface area (Å²) in [6.07, 6.45) is 1.03. The molecule has 2 aromatic carbocycles. The Kier molecular flexibility index (Phi) is 4.78. The maximum atomic E-state index is 5.58. The Morgan fingerprint density at radius 3 is 2.71 bits per heavy atom. The summed E-state index contributed by atoms with van der Waals surface area (Å²) in [5, 5.41) is 5.88. The van der Waals surface area contributed by atoms with Crippen molar-refractivity contribution in [1.29, 1.82) is 0 Å². The van der Waals surface area contributed by atoms with Crippen LogP contribution >= 0.6 is 15.9 Å². The van der Waals surface area contributed by atoms with E-state index in [4.69, 9.17) is 4.74 Å². The Balaban J connectivity index is 1.81. The van der Waals surface area contributed by atoms with Gasteiger partial charge in [0.05, 0.1) is 7.11 Å². The van der Waals surface area contributed by atoms with Crippen LogP contribution in [0.3, 0.4) is 0 Å². The first kappa shape index (κ1) is 14.8. The van der Waals surface area contributed by atoms with Crippen LogP contribution in [0.15, 0.2) is 34.8 Å². The molecule has 1 fully saturated rings. The topological polar surface area (TPSA) is 24.5 Å². The van der Waals surface area contributed by atoms with Gasteiger partial charge in [0.2, 0.25) is 0 Å². The fourth-order valence-corrected chi connectivity index (χ4v) is 3.27.